The van der Waals surface area contributed by atoms with Crippen LogP contribution in [0.4, 0.5) is 0 Å². The third-order valence-electron chi connectivity index (χ3n) is 6.71. The van der Waals surface area contributed by atoms with Gasteiger partial charge in [0.25, 0.3) is 0 Å². The molecule has 2 radical (unpaired) electrons. The summed E-state index contributed by atoms with van der Waals surface area (Å²) >= 11 is 0. The fourth-order valence-electron chi connectivity index (χ4n) is 4.48. The van der Waals surface area contributed by atoms with Crippen molar-refractivity contribution in [1.29, 1.82) is 0 Å². The summed E-state index contributed by atoms with van der Waals surface area (Å²) < 4.78 is 0. The third-order valence-corrected chi connectivity index (χ3v) is 6.71. The molecule has 0 aromatic carbocycles. The Hall–Kier alpha value is -0.260. The Kier molecular flexibility index (Phi) is 26.5. The predicted molar refractivity (Wildman–Crippen MR) is 140 cm³/mol. The van der Waals surface area contributed by atoms with Gasteiger partial charge in [-0.3, -0.25) is 0 Å². The Bertz CT molecular complexity index is 316. The normalized spacial score (nSPS) is 12.8. The molecule has 178 valence electrons. The first-order valence-corrected chi connectivity index (χ1v) is 14.1. The number of hydrogen-bond acceptors (Lipinski definition) is 0. The van der Waals surface area contributed by atoms with Crippen LogP contribution in [0.5, 0.6) is 0 Å². The molecule has 0 saturated carbocycles. The van der Waals surface area contributed by atoms with Crippen molar-refractivity contribution in [1.82, 2.24) is 0 Å². The number of hydrogen-bond donors (Lipinski definition) is 0. The molecule has 1 unspecified atom stereocenters. The Balaban J connectivity index is 3.24. The minimum absolute atomic E-state index is 0.965. The summed E-state index contributed by atoms with van der Waals surface area (Å²) in [6.45, 7) is 10.2. The summed E-state index contributed by atoms with van der Waals surface area (Å²) in [7, 11) is 0. The maximum absolute atomic E-state index is 3.94. The fraction of sp³-hybridized carbons (Fsp3) is 0.867. The Morgan fingerprint density at radius 1 is 0.467 bits per heavy atom. The van der Waals surface area contributed by atoms with Crippen LogP contribution in [-0.2, 0) is 0 Å². The Morgan fingerprint density at radius 2 is 0.833 bits per heavy atom. The molecule has 1 atom stereocenters. The molecule has 0 nitrogen and oxygen atoms in total. The first-order valence-electron chi connectivity index (χ1n) is 14.1. The van der Waals surface area contributed by atoms with Gasteiger partial charge in [-0.25, -0.2) is 0 Å². The van der Waals surface area contributed by atoms with Crippen molar-refractivity contribution in [2.24, 2.45) is 5.92 Å². The van der Waals surface area contributed by atoms with Crippen LogP contribution in [0.2, 0.25) is 0 Å². The zero-order valence-electron chi connectivity index (χ0n) is 21.1. The van der Waals surface area contributed by atoms with Crippen molar-refractivity contribution in [2.75, 3.05) is 0 Å². The molecule has 0 spiro atoms. The van der Waals surface area contributed by atoms with Gasteiger partial charge in [-0.1, -0.05) is 161 Å². The van der Waals surface area contributed by atoms with Gasteiger partial charge in [0.15, 0.2) is 0 Å². The molecule has 30 heavy (non-hydrogen) atoms. The first-order chi connectivity index (χ1) is 14.8. The molecule has 0 heterocycles. The van der Waals surface area contributed by atoms with Crippen LogP contribution in [0.25, 0.3) is 0 Å². The molecule has 0 rings (SSSR count). The molecule has 0 saturated heterocycles. The molecule has 0 N–H and O–H groups in total. The average molecular weight is 419 g/mol. The van der Waals surface area contributed by atoms with Crippen LogP contribution < -0.4 is 0 Å². The molecule has 0 aliphatic rings. The second-order valence-corrected chi connectivity index (χ2v) is 9.62. The van der Waals surface area contributed by atoms with Gasteiger partial charge in [0, 0.05) is 0 Å². The third kappa shape index (κ3) is 24.0. The molecule has 0 aliphatic carbocycles. The number of unbranched alkanes of at least 4 members (excludes halogenated alkanes) is 18. The maximum atomic E-state index is 3.94. The second kappa shape index (κ2) is 26.8. The lowest BCUT2D eigenvalue weighted by Gasteiger charge is -2.13. The second-order valence-electron chi connectivity index (χ2n) is 9.62. The fourth-order valence-corrected chi connectivity index (χ4v) is 4.48. The molecule has 0 fully saturated rings. The van der Waals surface area contributed by atoms with Crippen molar-refractivity contribution in [3.8, 4) is 0 Å². The van der Waals surface area contributed by atoms with Crippen LogP contribution >= 0.6 is 0 Å². The van der Waals surface area contributed by atoms with Crippen molar-refractivity contribution >= 4 is 0 Å². The zero-order chi connectivity index (χ0) is 22.0. The summed E-state index contributed by atoms with van der Waals surface area (Å²) in [4.78, 5) is 0. The molecule has 0 aliphatic heterocycles. The lowest BCUT2D eigenvalue weighted by Crippen LogP contribution is -1.98. The van der Waals surface area contributed by atoms with E-state index in [-0.39, 0.29) is 0 Å². The van der Waals surface area contributed by atoms with Gasteiger partial charge in [0.2, 0.25) is 0 Å². The summed E-state index contributed by atoms with van der Waals surface area (Å²) in [5.74, 6) is 0.965. The summed E-state index contributed by atoms with van der Waals surface area (Å²) in [5, 5.41) is 0. The van der Waals surface area contributed by atoms with Gasteiger partial charge < -0.3 is 0 Å². The van der Waals surface area contributed by atoms with Crippen LogP contribution in [0.1, 0.15) is 161 Å². The zero-order valence-corrected chi connectivity index (χ0v) is 21.1. The summed E-state index contributed by atoms with van der Waals surface area (Å²) in [6.07, 6.45) is 38.1. The van der Waals surface area contributed by atoms with Crippen LogP contribution in [0, 0.1) is 19.8 Å². The molecule has 0 aromatic heterocycles. The number of allylic oxidation sites excluding steroid dienone is 2. The molecular weight excluding hydrogens is 360 g/mol. The predicted octanol–water partition coefficient (Wildman–Crippen LogP) is 11.2. The molecule has 0 bridgehead atoms. The highest BCUT2D eigenvalue weighted by atomic mass is 14.1. The van der Waals surface area contributed by atoms with Crippen molar-refractivity contribution in [3.05, 3.63) is 26.0 Å². The van der Waals surface area contributed by atoms with Crippen molar-refractivity contribution in [3.63, 3.8) is 0 Å². The van der Waals surface area contributed by atoms with Gasteiger partial charge in [-0.15, -0.1) is 0 Å². The Morgan fingerprint density at radius 3 is 1.30 bits per heavy atom. The van der Waals surface area contributed by atoms with E-state index < -0.39 is 0 Å². The monoisotopic (exact) mass is 418 g/mol. The molecule has 0 heteroatoms. The SMILES string of the molecule is [CH2]CCCCCCCCCCCCCCC/C=C/CCCC(CC)CCCCC[CH2]. The van der Waals surface area contributed by atoms with Crippen molar-refractivity contribution < 1.29 is 0 Å². The van der Waals surface area contributed by atoms with E-state index in [4.69, 9.17) is 0 Å². The lowest BCUT2D eigenvalue weighted by atomic mass is 9.93. The van der Waals surface area contributed by atoms with Crippen LogP contribution in [-0.4, -0.2) is 0 Å². The van der Waals surface area contributed by atoms with Gasteiger partial charge in [0.1, 0.15) is 0 Å². The van der Waals surface area contributed by atoms with E-state index in [1.54, 1.807) is 0 Å². The lowest BCUT2D eigenvalue weighted by molar-refractivity contribution is 0.405. The van der Waals surface area contributed by atoms with Gasteiger partial charge in [0.05, 0.1) is 0 Å². The van der Waals surface area contributed by atoms with Gasteiger partial charge >= 0.3 is 0 Å². The highest BCUT2D eigenvalue weighted by Gasteiger charge is 2.05. The van der Waals surface area contributed by atoms with E-state index in [0.717, 1.165) is 18.8 Å². The standard InChI is InChI=1S/C30H58/c1-4-7-9-11-12-13-14-15-16-17-18-19-20-21-22-23-24-25-27-29-30(6-3)28-26-10-8-5-2/h23-24,30H,1-2,4-22,25-29H2,3H3/b24-23+. The average Bonchev–Trinajstić information content (AvgIpc) is 2.76. The van der Waals surface area contributed by atoms with E-state index in [1.165, 1.54) is 141 Å². The quantitative estimate of drug-likeness (QED) is 0.102. The summed E-state index contributed by atoms with van der Waals surface area (Å²) in [5.41, 5.74) is 0. The van der Waals surface area contributed by atoms with Crippen LogP contribution in [0.3, 0.4) is 0 Å². The van der Waals surface area contributed by atoms with E-state index in [0.29, 0.717) is 0 Å². The highest BCUT2D eigenvalue weighted by Crippen LogP contribution is 2.20. The minimum atomic E-state index is 0.965. The van der Waals surface area contributed by atoms with E-state index in [2.05, 4.69) is 32.9 Å². The van der Waals surface area contributed by atoms with Crippen LogP contribution in [0.15, 0.2) is 12.2 Å². The van der Waals surface area contributed by atoms with Crippen molar-refractivity contribution in [2.45, 2.75) is 161 Å². The smallest absolute Gasteiger partial charge is 0.0351 e. The maximum Gasteiger partial charge on any atom is -0.0351 e. The number of rotatable bonds is 25. The molecule has 0 amide bonds. The molecule has 0 aromatic rings. The highest BCUT2D eigenvalue weighted by molar-refractivity contribution is 4.81. The minimum Gasteiger partial charge on any atom is -0.0885 e. The van der Waals surface area contributed by atoms with E-state index >= 15 is 0 Å². The largest absolute Gasteiger partial charge is 0.0885 e. The summed E-state index contributed by atoms with van der Waals surface area (Å²) in [6, 6.07) is 0. The molecular formula is C30H58. The Labute approximate surface area is 193 Å². The topological polar surface area (TPSA) is 0 Å². The van der Waals surface area contributed by atoms with E-state index in [1.807, 2.05) is 0 Å². The van der Waals surface area contributed by atoms with E-state index in [9.17, 15) is 0 Å². The van der Waals surface area contributed by atoms with Gasteiger partial charge in [-0.2, -0.15) is 0 Å². The van der Waals surface area contributed by atoms with Gasteiger partial charge in [-0.05, 0) is 31.6 Å². The first kappa shape index (κ1) is 29.7.